The molecule has 0 spiro atoms. The molecule has 0 aliphatic carbocycles. The minimum absolute atomic E-state index is 0.150. The molecule has 108 valence electrons. The van der Waals surface area contributed by atoms with E-state index in [2.05, 4.69) is 5.10 Å². The summed E-state index contributed by atoms with van der Waals surface area (Å²) in [5.41, 5.74) is -1.20. The number of nitrogens with zero attached hydrogens (tertiary/aromatic N) is 4. The van der Waals surface area contributed by atoms with Crippen LogP contribution in [0.3, 0.4) is 0 Å². The van der Waals surface area contributed by atoms with E-state index in [4.69, 9.17) is 5.11 Å². The Bertz CT molecular complexity index is 739. The molecule has 2 aromatic rings. The van der Waals surface area contributed by atoms with E-state index in [-0.39, 0.29) is 5.69 Å². The van der Waals surface area contributed by atoms with Crippen molar-refractivity contribution in [2.75, 3.05) is 0 Å². The first-order chi connectivity index (χ1) is 9.81. The maximum Gasteiger partial charge on any atom is 0.363 e. The van der Waals surface area contributed by atoms with Gasteiger partial charge in [0.05, 0.1) is 15.5 Å². The second kappa shape index (κ2) is 5.43. The van der Waals surface area contributed by atoms with Gasteiger partial charge in [0.15, 0.2) is 0 Å². The van der Waals surface area contributed by atoms with Gasteiger partial charge in [-0.25, -0.2) is 9.48 Å². The zero-order valence-electron chi connectivity index (χ0n) is 9.96. The number of benzene rings is 1. The predicted molar refractivity (Wildman–Crippen MR) is 76.5 cm³/mol. The minimum Gasteiger partial charge on any atom is -0.476 e. The van der Waals surface area contributed by atoms with Gasteiger partial charge in [0.25, 0.3) is 5.69 Å². The highest BCUT2D eigenvalue weighted by atomic mass is 127. The minimum atomic E-state index is -1.53. The Morgan fingerprint density at radius 2 is 1.95 bits per heavy atom. The lowest BCUT2D eigenvalue weighted by atomic mass is 10.3. The number of aromatic carboxylic acids is 1. The number of halogens is 1. The summed E-state index contributed by atoms with van der Waals surface area (Å²) in [6.45, 7) is 0. The monoisotopic (exact) mass is 404 g/mol. The van der Waals surface area contributed by atoms with Crippen LogP contribution in [0.15, 0.2) is 24.4 Å². The topological polar surface area (TPSA) is 141 Å². The lowest BCUT2D eigenvalue weighted by molar-refractivity contribution is -0.385. The van der Waals surface area contributed by atoms with Crippen molar-refractivity contribution in [1.82, 2.24) is 9.78 Å². The van der Waals surface area contributed by atoms with Crippen LogP contribution in [-0.4, -0.2) is 30.7 Å². The molecular weight excluding hydrogens is 399 g/mol. The maximum absolute atomic E-state index is 10.9. The van der Waals surface area contributed by atoms with E-state index in [0.717, 1.165) is 10.9 Å². The van der Waals surface area contributed by atoms with E-state index in [1.807, 2.05) is 0 Å². The van der Waals surface area contributed by atoms with Crippen molar-refractivity contribution >= 4 is 39.9 Å². The van der Waals surface area contributed by atoms with Crippen molar-refractivity contribution in [2.24, 2.45) is 0 Å². The molecule has 1 aromatic carbocycles. The van der Waals surface area contributed by atoms with E-state index < -0.39 is 27.2 Å². The second-order valence-corrected chi connectivity index (χ2v) is 4.92. The number of carboxylic acid groups (broad SMARTS) is 1. The largest absolute Gasteiger partial charge is 0.476 e. The predicted octanol–water partition coefficient (Wildman–Crippen LogP) is 1.99. The molecule has 0 saturated heterocycles. The lowest BCUT2D eigenvalue weighted by Gasteiger charge is -2.03. The van der Waals surface area contributed by atoms with Gasteiger partial charge in [-0.3, -0.25) is 20.2 Å². The first-order valence-corrected chi connectivity index (χ1v) is 6.31. The fourth-order valence-electron chi connectivity index (χ4n) is 1.57. The Morgan fingerprint density at radius 1 is 1.29 bits per heavy atom. The van der Waals surface area contributed by atoms with Gasteiger partial charge in [-0.2, -0.15) is 5.10 Å². The van der Waals surface area contributed by atoms with Crippen LogP contribution < -0.4 is 0 Å². The molecule has 1 heterocycles. The average Bonchev–Trinajstić information content (AvgIpc) is 2.83. The summed E-state index contributed by atoms with van der Waals surface area (Å²) in [7, 11) is 0. The fourth-order valence-corrected chi connectivity index (χ4v) is 2.32. The number of carboxylic acids is 1. The van der Waals surface area contributed by atoms with Gasteiger partial charge in [0.2, 0.25) is 5.69 Å². The number of hydrogen-bond donors (Lipinski definition) is 1. The molecule has 0 bridgehead atoms. The summed E-state index contributed by atoms with van der Waals surface area (Å²) in [5, 5.41) is 34.0. The van der Waals surface area contributed by atoms with Crippen LogP contribution in [0.5, 0.6) is 0 Å². The molecule has 0 atom stereocenters. The molecule has 0 amide bonds. The molecule has 1 aromatic heterocycles. The molecule has 0 fully saturated rings. The van der Waals surface area contributed by atoms with Gasteiger partial charge in [0.1, 0.15) is 6.20 Å². The first kappa shape index (κ1) is 14.8. The number of nitro groups is 2. The summed E-state index contributed by atoms with van der Waals surface area (Å²) in [6.07, 6.45) is 0.951. The highest BCUT2D eigenvalue weighted by molar-refractivity contribution is 14.1. The molecule has 1 N–H and O–H groups in total. The summed E-state index contributed by atoms with van der Waals surface area (Å²) >= 11 is 1.80. The first-order valence-electron chi connectivity index (χ1n) is 5.23. The van der Waals surface area contributed by atoms with Crippen molar-refractivity contribution in [3.8, 4) is 5.69 Å². The highest BCUT2D eigenvalue weighted by Crippen LogP contribution is 2.25. The molecular formula is C10H5IN4O6. The van der Waals surface area contributed by atoms with Crippen molar-refractivity contribution in [3.05, 3.63) is 53.9 Å². The van der Waals surface area contributed by atoms with Crippen molar-refractivity contribution in [1.29, 1.82) is 0 Å². The van der Waals surface area contributed by atoms with Crippen LogP contribution in [0.1, 0.15) is 10.5 Å². The van der Waals surface area contributed by atoms with Gasteiger partial charge in [-0.1, -0.05) is 0 Å². The summed E-state index contributed by atoms with van der Waals surface area (Å²) in [6, 6.07) is 3.79. The second-order valence-electron chi connectivity index (χ2n) is 3.76. The number of aromatic nitrogens is 2. The zero-order valence-corrected chi connectivity index (χ0v) is 12.1. The van der Waals surface area contributed by atoms with E-state index in [0.29, 0.717) is 9.26 Å². The van der Waals surface area contributed by atoms with Crippen LogP contribution in [0, 0.1) is 23.8 Å². The molecule has 11 heteroatoms. The number of hydrogen-bond acceptors (Lipinski definition) is 6. The van der Waals surface area contributed by atoms with Crippen LogP contribution in [-0.2, 0) is 0 Å². The van der Waals surface area contributed by atoms with Crippen LogP contribution in [0.25, 0.3) is 5.69 Å². The summed E-state index contributed by atoms with van der Waals surface area (Å²) in [4.78, 5) is 30.9. The Kier molecular flexibility index (Phi) is 3.84. The standard InChI is InChI=1S/C10H5IN4O6/c11-6-3-5(14(18)19)1-2-7(6)13-4-8(15(20)21)9(12-13)10(16)17/h1-4H,(H,16,17). The van der Waals surface area contributed by atoms with Crippen molar-refractivity contribution in [2.45, 2.75) is 0 Å². The van der Waals surface area contributed by atoms with Gasteiger partial charge < -0.3 is 5.11 Å². The Balaban J connectivity index is 2.57. The molecule has 21 heavy (non-hydrogen) atoms. The van der Waals surface area contributed by atoms with Gasteiger partial charge in [-0.05, 0) is 28.7 Å². The van der Waals surface area contributed by atoms with Crippen LogP contribution >= 0.6 is 22.6 Å². The maximum atomic E-state index is 10.9. The van der Waals surface area contributed by atoms with E-state index in [1.54, 1.807) is 22.6 Å². The van der Waals surface area contributed by atoms with Crippen LogP contribution in [0.4, 0.5) is 11.4 Å². The van der Waals surface area contributed by atoms with Crippen molar-refractivity contribution < 1.29 is 19.7 Å². The lowest BCUT2D eigenvalue weighted by Crippen LogP contribution is -2.03. The SMILES string of the molecule is O=C(O)c1nn(-c2ccc([N+](=O)[O-])cc2I)cc1[N+](=O)[O-]. The third-order valence-electron chi connectivity index (χ3n) is 2.48. The fraction of sp³-hybridized carbons (Fsp3) is 0. The summed E-state index contributed by atoms with van der Waals surface area (Å²) < 4.78 is 1.41. The highest BCUT2D eigenvalue weighted by Gasteiger charge is 2.26. The smallest absolute Gasteiger partial charge is 0.363 e. The number of non-ortho nitro benzene ring substituents is 1. The Hall–Kier alpha value is -2.57. The average molecular weight is 404 g/mol. The van der Waals surface area contributed by atoms with Gasteiger partial charge in [0, 0.05) is 15.7 Å². The molecule has 0 aliphatic rings. The van der Waals surface area contributed by atoms with E-state index in [1.165, 1.54) is 18.2 Å². The normalized spacial score (nSPS) is 10.3. The molecule has 0 aliphatic heterocycles. The summed E-state index contributed by atoms with van der Waals surface area (Å²) in [5.74, 6) is -1.53. The quantitative estimate of drug-likeness (QED) is 0.467. The number of carbonyl (C=O) groups is 1. The van der Waals surface area contributed by atoms with Gasteiger partial charge >= 0.3 is 11.7 Å². The van der Waals surface area contributed by atoms with E-state index in [9.17, 15) is 25.0 Å². The third kappa shape index (κ3) is 2.81. The van der Waals surface area contributed by atoms with E-state index >= 15 is 0 Å². The number of rotatable bonds is 4. The molecule has 2 rings (SSSR count). The zero-order chi connectivity index (χ0) is 15.7. The molecule has 10 nitrogen and oxygen atoms in total. The molecule has 0 radical (unpaired) electrons. The Morgan fingerprint density at radius 3 is 2.38 bits per heavy atom. The van der Waals surface area contributed by atoms with Crippen molar-refractivity contribution in [3.63, 3.8) is 0 Å². The molecule has 0 unspecified atom stereocenters. The number of nitro benzene ring substituents is 1. The third-order valence-corrected chi connectivity index (χ3v) is 3.35. The van der Waals surface area contributed by atoms with Crippen LogP contribution in [0.2, 0.25) is 0 Å². The Labute approximate surface area is 129 Å². The van der Waals surface area contributed by atoms with Gasteiger partial charge in [-0.15, -0.1) is 0 Å². The molecule has 0 saturated carbocycles.